The molecule has 0 amide bonds. The van der Waals surface area contributed by atoms with E-state index in [1.165, 1.54) is 6.07 Å². The molecule has 0 aliphatic carbocycles. The zero-order valence-corrected chi connectivity index (χ0v) is 10.4. The Morgan fingerprint density at radius 3 is 2.78 bits per heavy atom. The highest BCUT2D eigenvalue weighted by atomic mass is 16.5. The van der Waals surface area contributed by atoms with Crippen LogP contribution >= 0.6 is 0 Å². The molecular weight excluding hydrogens is 232 g/mol. The van der Waals surface area contributed by atoms with Gasteiger partial charge in [0.15, 0.2) is 5.75 Å². The maximum absolute atomic E-state index is 11.9. The van der Waals surface area contributed by atoms with Crippen molar-refractivity contribution in [2.45, 2.75) is 18.9 Å². The third-order valence-electron chi connectivity index (χ3n) is 3.23. The highest BCUT2D eigenvalue weighted by Crippen LogP contribution is 2.26. The van der Waals surface area contributed by atoms with Gasteiger partial charge in [-0.25, -0.2) is 4.79 Å². The number of carbonyl (C=O) groups excluding carboxylic acids is 1. The zero-order valence-electron chi connectivity index (χ0n) is 10.4. The van der Waals surface area contributed by atoms with Gasteiger partial charge >= 0.3 is 5.97 Å². The molecule has 1 fully saturated rings. The summed E-state index contributed by atoms with van der Waals surface area (Å²) in [5.74, 6) is -0.704. The van der Waals surface area contributed by atoms with E-state index in [0.717, 1.165) is 25.9 Å². The Balaban J connectivity index is 2.01. The highest BCUT2D eigenvalue weighted by Gasteiger charge is 2.22. The van der Waals surface area contributed by atoms with Crippen molar-refractivity contribution in [1.82, 2.24) is 4.90 Å². The molecule has 1 aromatic carbocycles. The second-order valence-corrected chi connectivity index (χ2v) is 4.65. The molecule has 0 spiro atoms. The molecule has 1 heterocycles. The number of piperidine rings is 1. The SMILES string of the molecule is CN1CCC(OC(=O)c2cccc(N)c2O)CC1. The summed E-state index contributed by atoms with van der Waals surface area (Å²) in [6.45, 7) is 1.84. The summed E-state index contributed by atoms with van der Waals surface area (Å²) in [5, 5.41) is 9.71. The average Bonchev–Trinajstić information content (AvgIpc) is 2.35. The fraction of sp³-hybridized carbons (Fsp3) is 0.462. The number of phenols is 1. The van der Waals surface area contributed by atoms with Gasteiger partial charge in [0.25, 0.3) is 0 Å². The monoisotopic (exact) mass is 250 g/mol. The number of para-hydroxylation sites is 1. The van der Waals surface area contributed by atoms with Crippen molar-refractivity contribution in [3.8, 4) is 5.75 Å². The second kappa shape index (κ2) is 5.27. The van der Waals surface area contributed by atoms with Crippen LogP contribution in [0, 0.1) is 0 Å². The molecule has 3 N–H and O–H groups in total. The van der Waals surface area contributed by atoms with Crippen LogP contribution in [0.1, 0.15) is 23.2 Å². The number of hydrogen-bond acceptors (Lipinski definition) is 5. The molecule has 1 saturated heterocycles. The van der Waals surface area contributed by atoms with Crippen molar-refractivity contribution in [3.05, 3.63) is 23.8 Å². The molecule has 5 nitrogen and oxygen atoms in total. The van der Waals surface area contributed by atoms with Crippen molar-refractivity contribution in [1.29, 1.82) is 0 Å². The fourth-order valence-corrected chi connectivity index (χ4v) is 2.04. The Morgan fingerprint density at radius 1 is 1.44 bits per heavy atom. The average molecular weight is 250 g/mol. The number of rotatable bonds is 2. The highest BCUT2D eigenvalue weighted by molar-refractivity contribution is 5.94. The Bertz CT molecular complexity index is 440. The number of ether oxygens (including phenoxy) is 1. The lowest BCUT2D eigenvalue weighted by molar-refractivity contribution is 0.0137. The number of nitrogens with two attached hydrogens (primary N) is 1. The van der Waals surface area contributed by atoms with Crippen molar-refractivity contribution < 1.29 is 14.6 Å². The van der Waals surface area contributed by atoms with Crippen LogP contribution in [0.15, 0.2) is 18.2 Å². The molecule has 0 aromatic heterocycles. The van der Waals surface area contributed by atoms with E-state index >= 15 is 0 Å². The predicted octanol–water partition coefficient (Wildman–Crippen LogP) is 1.23. The number of aromatic hydroxyl groups is 1. The van der Waals surface area contributed by atoms with Gasteiger partial charge in [-0.2, -0.15) is 0 Å². The second-order valence-electron chi connectivity index (χ2n) is 4.65. The maximum atomic E-state index is 11.9. The van der Waals surface area contributed by atoms with Gasteiger partial charge in [0.2, 0.25) is 0 Å². The molecule has 2 rings (SSSR count). The van der Waals surface area contributed by atoms with Gasteiger partial charge < -0.3 is 20.5 Å². The first kappa shape index (κ1) is 12.7. The third kappa shape index (κ3) is 2.73. The van der Waals surface area contributed by atoms with Crippen LogP contribution in [-0.2, 0) is 4.74 Å². The molecule has 0 atom stereocenters. The third-order valence-corrected chi connectivity index (χ3v) is 3.23. The molecular formula is C13H18N2O3. The largest absolute Gasteiger partial charge is 0.505 e. The van der Waals surface area contributed by atoms with Crippen LogP contribution in [0.5, 0.6) is 5.75 Å². The minimum atomic E-state index is -0.505. The molecule has 1 aliphatic heterocycles. The summed E-state index contributed by atoms with van der Waals surface area (Å²) >= 11 is 0. The Hall–Kier alpha value is -1.75. The summed E-state index contributed by atoms with van der Waals surface area (Å²) < 4.78 is 5.38. The number of carbonyl (C=O) groups is 1. The number of hydrogen-bond donors (Lipinski definition) is 2. The topological polar surface area (TPSA) is 75.8 Å². The van der Waals surface area contributed by atoms with Crippen LogP contribution < -0.4 is 5.73 Å². The Morgan fingerprint density at radius 2 is 2.11 bits per heavy atom. The lowest BCUT2D eigenvalue weighted by Crippen LogP contribution is -2.35. The number of phenolic OH excluding ortho intramolecular Hbond substituents is 1. The van der Waals surface area contributed by atoms with Crippen molar-refractivity contribution >= 4 is 11.7 Å². The lowest BCUT2D eigenvalue weighted by atomic mass is 10.1. The van der Waals surface area contributed by atoms with Gasteiger partial charge in [0, 0.05) is 13.1 Å². The van der Waals surface area contributed by atoms with E-state index in [2.05, 4.69) is 4.90 Å². The first-order valence-electron chi connectivity index (χ1n) is 6.05. The minimum absolute atomic E-state index is 0.0745. The number of esters is 1. The number of nitrogen functional groups attached to an aromatic ring is 1. The van der Waals surface area contributed by atoms with Crippen molar-refractivity contribution in [2.24, 2.45) is 0 Å². The summed E-state index contributed by atoms with van der Waals surface area (Å²) in [5.41, 5.74) is 5.87. The van der Waals surface area contributed by atoms with Gasteiger partial charge in [-0.15, -0.1) is 0 Å². The van der Waals surface area contributed by atoms with Crippen molar-refractivity contribution in [2.75, 3.05) is 25.9 Å². The van der Waals surface area contributed by atoms with Crippen LogP contribution in [0.4, 0.5) is 5.69 Å². The first-order chi connectivity index (χ1) is 8.58. The van der Waals surface area contributed by atoms with E-state index in [1.807, 2.05) is 7.05 Å². The summed E-state index contributed by atoms with van der Waals surface area (Å²) in [4.78, 5) is 14.1. The maximum Gasteiger partial charge on any atom is 0.342 e. The van der Waals surface area contributed by atoms with Crippen molar-refractivity contribution in [3.63, 3.8) is 0 Å². The Labute approximate surface area is 106 Å². The Kier molecular flexibility index (Phi) is 3.72. The lowest BCUT2D eigenvalue weighted by Gasteiger charge is -2.28. The van der Waals surface area contributed by atoms with E-state index in [1.54, 1.807) is 12.1 Å². The van der Waals surface area contributed by atoms with E-state index in [4.69, 9.17) is 10.5 Å². The quantitative estimate of drug-likeness (QED) is 0.469. The van der Waals surface area contributed by atoms with Gasteiger partial charge in [-0.05, 0) is 32.0 Å². The van der Waals surface area contributed by atoms with Crippen LogP contribution in [0.2, 0.25) is 0 Å². The summed E-state index contributed by atoms with van der Waals surface area (Å²) in [7, 11) is 2.04. The van der Waals surface area contributed by atoms with Gasteiger partial charge in [-0.3, -0.25) is 0 Å². The minimum Gasteiger partial charge on any atom is -0.505 e. The summed E-state index contributed by atoms with van der Waals surface area (Å²) in [6.07, 6.45) is 1.57. The van der Waals surface area contributed by atoms with E-state index in [0.29, 0.717) is 0 Å². The molecule has 18 heavy (non-hydrogen) atoms. The van der Waals surface area contributed by atoms with Gasteiger partial charge in [0.05, 0.1) is 5.69 Å². The molecule has 0 bridgehead atoms. The number of benzene rings is 1. The number of anilines is 1. The van der Waals surface area contributed by atoms with Gasteiger partial charge in [0.1, 0.15) is 11.7 Å². The predicted molar refractivity (Wildman–Crippen MR) is 68.5 cm³/mol. The van der Waals surface area contributed by atoms with E-state index < -0.39 is 5.97 Å². The molecule has 1 aromatic rings. The molecule has 0 radical (unpaired) electrons. The van der Waals surface area contributed by atoms with Crippen LogP contribution in [0.3, 0.4) is 0 Å². The smallest absolute Gasteiger partial charge is 0.342 e. The fourth-order valence-electron chi connectivity index (χ4n) is 2.04. The number of likely N-dealkylation sites (tertiary alicyclic amines) is 1. The standard InChI is InChI=1S/C13H18N2O3/c1-15-7-5-9(6-8-15)18-13(17)10-3-2-4-11(14)12(10)16/h2-4,9,16H,5-8,14H2,1H3. The normalized spacial score (nSPS) is 17.6. The first-order valence-corrected chi connectivity index (χ1v) is 6.05. The number of nitrogens with zero attached hydrogens (tertiary/aromatic N) is 1. The van der Waals surface area contributed by atoms with Crippen LogP contribution in [0.25, 0.3) is 0 Å². The molecule has 98 valence electrons. The zero-order chi connectivity index (χ0) is 13.1. The molecule has 0 saturated carbocycles. The van der Waals surface area contributed by atoms with E-state index in [9.17, 15) is 9.90 Å². The summed E-state index contributed by atoms with van der Waals surface area (Å²) in [6, 6.07) is 4.69. The molecule has 1 aliphatic rings. The molecule has 5 heteroatoms. The van der Waals surface area contributed by atoms with Crippen LogP contribution in [-0.4, -0.2) is 42.2 Å². The molecule has 0 unspecified atom stereocenters. The van der Waals surface area contributed by atoms with Gasteiger partial charge in [-0.1, -0.05) is 6.07 Å². The van der Waals surface area contributed by atoms with E-state index in [-0.39, 0.29) is 23.1 Å².